The summed E-state index contributed by atoms with van der Waals surface area (Å²) < 4.78 is 0. The molecule has 0 aliphatic carbocycles. The number of hydrogen-bond acceptors (Lipinski definition) is 3. The standard InChI is InChI=1S/C16H26N2.CH5N/c1-2-3-10-17-11-7-12-18(14-13-17)15-16-8-5-4-6-9-16;1-2/h4-6,8-9H,2-3,7,10-15H2,1H3;2H2,1H3. The summed E-state index contributed by atoms with van der Waals surface area (Å²) in [6.07, 6.45) is 3.97. The van der Waals surface area contributed by atoms with Crippen LogP contribution in [0.25, 0.3) is 0 Å². The molecule has 0 bridgehead atoms. The first-order valence-electron chi connectivity index (χ1n) is 7.95. The smallest absolute Gasteiger partial charge is 0.0234 e. The second kappa shape index (κ2) is 10.8. The van der Waals surface area contributed by atoms with Crippen molar-refractivity contribution >= 4 is 0 Å². The van der Waals surface area contributed by atoms with Gasteiger partial charge in [-0.15, -0.1) is 0 Å². The molecule has 1 aliphatic heterocycles. The zero-order valence-electron chi connectivity index (χ0n) is 13.2. The fourth-order valence-electron chi connectivity index (χ4n) is 2.63. The Morgan fingerprint density at radius 1 is 0.950 bits per heavy atom. The average Bonchev–Trinajstić information content (AvgIpc) is 2.74. The molecule has 1 aliphatic rings. The van der Waals surface area contributed by atoms with Crippen molar-refractivity contribution in [1.82, 2.24) is 9.80 Å². The van der Waals surface area contributed by atoms with Crippen molar-refractivity contribution in [2.24, 2.45) is 5.73 Å². The number of benzene rings is 1. The van der Waals surface area contributed by atoms with Crippen molar-refractivity contribution in [2.75, 3.05) is 39.8 Å². The summed E-state index contributed by atoms with van der Waals surface area (Å²) in [5.74, 6) is 0. The molecule has 1 fully saturated rings. The van der Waals surface area contributed by atoms with Crippen LogP contribution >= 0.6 is 0 Å². The molecule has 0 radical (unpaired) electrons. The Bertz CT molecular complexity index is 326. The minimum atomic E-state index is 1.11. The molecule has 20 heavy (non-hydrogen) atoms. The molecule has 0 atom stereocenters. The van der Waals surface area contributed by atoms with Crippen molar-refractivity contribution in [2.45, 2.75) is 32.7 Å². The molecule has 1 aromatic carbocycles. The maximum Gasteiger partial charge on any atom is 0.0234 e. The lowest BCUT2D eigenvalue weighted by molar-refractivity contribution is 0.249. The van der Waals surface area contributed by atoms with Gasteiger partial charge in [0.25, 0.3) is 0 Å². The monoisotopic (exact) mass is 277 g/mol. The van der Waals surface area contributed by atoms with E-state index in [0.717, 1.165) is 6.54 Å². The van der Waals surface area contributed by atoms with E-state index in [2.05, 4.69) is 52.8 Å². The molecule has 0 saturated carbocycles. The molecular formula is C17H31N3. The normalized spacial score (nSPS) is 17.1. The molecule has 1 heterocycles. The Morgan fingerprint density at radius 2 is 1.60 bits per heavy atom. The zero-order valence-corrected chi connectivity index (χ0v) is 13.2. The van der Waals surface area contributed by atoms with Crippen LogP contribution in [0.4, 0.5) is 0 Å². The van der Waals surface area contributed by atoms with Gasteiger partial charge in [0.2, 0.25) is 0 Å². The van der Waals surface area contributed by atoms with Crippen molar-refractivity contribution in [1.29, 1.82) is 0 Å². The van der Waals surface area contributed by atoms with Gasteiger partial charge in [-0.25, -0.2) is 0 Å². The van der Waals surface area contributed by atoms with E-state index in [-0.39, 0.29) is 0 Å². The van der Waals surface area contributed by atoms with Gasteiger partial charge >= 0.3 is 0 Å². The van der Waals surface area contributed by atoms with Crippen LogP contribution in [0.2, 0.25) is 0 Å². The van der Waals surface area contributed by atoms with E-state index in [1.165, 1.54) is 64.6 Å². The van der Waals surface area contributed by atoms with E-state index >= 15 is 0 Å². The van der Waals surface area contributed by atoms with Gasteiger partial charge in [-0.2, -0.15) is 0 Å². The predicted octanol–water partition coefficient (Wildman–Crippen LogP) is 2.57. The molecule has 114 valence electrons. The van der Waals surface area contributed by atoms with Crippen LogP contribution in [0.3, 0.4) is 0 Å². The summed E-state index contributed by atoms with van der Waals surface area (Å²) in [5, 5.41) is 0. The van der Waals surface area contributed by atoms with E-state index in [0.29, 0.717) is 0 Å². The molecule has 3 nitrogen and oxygen atoms in total. The van der Waals surface area contributed by atoms with Gasteiger partial charge in [0.05, 0.1) is 0 Å². The topological polar surface area (TPSA) is 32.5 Å². The lowest BCUT2D eigenvalue weighted by Gasteiger charge is -2.21. The van der Waals surface area contributed by atoms with Crippen molar-refractivity contribution < 1.29 is 0 Å². The highest BCUT2D eigenvalue weighted by Crippen LogP contribution is 2.09. The SMILES string of the molecule is CCCCN1CCCN(Cc2ccccc2)CC1.CN. The van der Waals surface area contributed by atoms with Crippen molar-refractivity contribution in [3.63, 3.8) is 0 Å². The summed E-state index contributed by atoms with van der Waals surface area (Å²) in [4.78, 5) is 5.23. The minimum Gasteiger partial charge on any atom is -0.333 e. The molecule has 2 N–H and O–H groups in total. The number of hydrogen-bond donors (Lipinski definition) is 1. The van der Waals surface area contributed by atoms with E-state index in [1.54, 1.807) is 0 Å². The fraction of sp³-hybridized carbons (Fsp3) is 0.647. The lowest BCUT2D eigenvalue weighted by Crippen LogP contribution is -2.31. The van der Waals surface area contributed by atoms with Gasteiger partial charge in [0.15, 0.2) is 0 Å². The Balaban J connectivity index is 0.000000956. The Morgan fingerprint density at radius 3 is 2.30 bits per heavy atom. The molecule has 3 heteroatoms. The average molecular weight is 277 g/mol. The first kappa shape index (κ1) is 17.2. The summed E-state index contributed by atoms with van der Waals surface area (Å²) in [7, 11) is 1.50. The van der Waals surface area contributed by atoms with Crippen molar-refractivity contribution in [3.8, 4) is 0 Å². The van der Waals surface area contributed by atoms with Crippen LogP contribution in [-0.4, -0.2) is 49.6 Å². The molecule has 1 saturated heterocycles. The van der Waals surface area contributed by atoms with E-state index in [4.69, 9.17) is 0 Å². The summed E-state index contributed by atoms with van der Waals surface area (Å²) >= 11 is 0. The summed E-state index contributed by atoms with van der Waals surface area (Å²) in [6.45, 7) is 9.67. The Hall–Kier alpha value is -0.900. The molecule has 0 amide bonds. The van der Waals surface area contributed by atoms with E-state index in [9.17, 15) is 0 Å². The van der Waals surface area contributed by atoms with Crippen LogP contribution in [0.1, 0.15) is 31.7 Å². The Labute approximate surface area is 124 Å². The maximum absolute atomic E-state index is 4.50. The Kier molecular flexibility index (Phi) is 9.29. The van der Waals surface area contributed by atoms with Crippen LogP contribution in [-0.2, 0) is 6.54 Å². The largest absolute Gasteiger partial charge is 0.333 e. The van der Waals surface area contributed by atoms with Crippen LogP contribution in [0.5, 0.6) is 0 Å². The highest BCUT2D eigenvalue weighted by Gasteiger charge is 2.14. The molecular weight excluding hydrogens is 246 g/mol. The van der Waals surface area contributed by atoms with Gasteiger partial charge in [-0.3, -0.25) is 4.90 Å². The highest BCUT2D eigenvalue weighted by atomic mass is 15.2. The van der Waals surface area contributed by atoms with Crippen LogP contribution in [0.15, 0.2) is 30.3 Å². The minimum absolute atomic E-state index is 1.11. The van der Waals surface area contributed by atoms with Gasteiger partial charge in [0, 0.05) is 19.6 Å². The first-order chi connectivity index (χ1) is 9.88. The summed E-state index contributed by atoms with van der Waals surface area (Å²) in [6, 6.07) is 10.8. The number of rotatable bonds is 5. The molecule has 1 aromatic rings. The first-order valence-corrected chi connectivity index (χ1v) is 7.95. The predicted molar refractivity (Wildman–Crippen MR) is 87.8 cm³/mol. The highest BCUT2D eigenvalue weighted by molar-refractivity contribution is 5.14. The van der Waals surface area contributed by atoms with Gasteiger partial charge in [-0.05, 0) is 45.1 Å². The molecule has 2 rings (SSSR count). The molecule has 0 aromatic heterocycles. The number of unbranched alkanes of at least 4 members (excludes halogenated alkanes) is 1. The molecule has 0 spiro atoms. The molecule has 0 unspecified atom stereocenters. The maximum atomic E-state index is 4.50. The number of nitrogens with two attached hydrogens (primary N) is 1. The second-order valence-electron chi connectivity index (χ2n) is 5.31. The van der Waals surface area contributed by atoms with E-state index in [1.807, 2.05) is 0 Å². The van der Waals surface area contributed by atoms with Gasteiger partial charge in [-0.1, -0.05) is 43.7 Å². The quantitative estimate of drug-likeness (QED) is 0.898. The third-order valence-electron chi connectivity index (χ3n) is 3.76. The lowest BCUT2D eigenvalue weighted by atomic mass is 10.2. The van der Waals surface area contributed by atoms with Gasteiger partial charge in [0.1, 0.15) is 0 Å². The van der Waals surface area contributed by atoms with E-state index < -0.39 is 0 Å². The van der Waals surface area contributed by atoms with Crippen LogP contribution in [0, 0.1) is 0 Å². The third-order valence-corrected chi connectivity index (χ3v) is 3.76. The zero-order chi connectivity index (χ0) is 14.6. The third kappa shape index (κ3) is 6.51. The van der Waals surface area contributed by atoms with Gasteiger partial charge < -0.3 is 10.6 Å². The fourth-order valence-corrected chi connectivity index (χ4v) is 2.63. The van der Waals surface area contributed by atoms with Crippen molar-refractivity contribution in [3.05, 3.63) is 35.9 Å². The van der Waals surface area contributed by atoms with Crippen LogP contribution < -0.4 is 5.73 Å². The summed E-state index contributed by atoms with van der Waals surface area (Å²) in [5.41, 5.74) is 5.94. The number of nitrogens with zero attached hydrogens (tertiary/aromatic N) is 2. The second-order valence-corrected chi connectivity index (χ2v) is 5.31.